The molecule has 0 saturated carbocycles. The first-order valence-corrected chi connectivity index (χ1v) is 7.39. The minimum absolute atomic E-state index is 0.267. The molecule has 0 aliphatic carbocycles. The van der Waals surface area contributed by atoms with Crippen molar-refractivity contribution in [2.24, 2.45) is 5.92 Å². The molecule has 0 aliphatic rings. The van der Waals surface area contributed by atoms with Gasteiger partial charge >= 0.3 is 12.3 Å². The Bertz CT molecular complexity index is 536. The number of rotatable bonds is 3. The van der Waals surface area contributed by atoms with E-state index in [9.17, 15) is 23.1 Å². The van der Waals surface area contributed by atoms with Gasteiger partial charge in [0.15, 0.2) is 10.8 Å². The maximum Gasteiger partial charge on any atom is 0.434 e. The molecule has 2 N–H and O–H groups in total. The predicted octanol–water partition coefficient (Wildman–Crippen LogP) is 4.20. The van der Waals surface area contributed by atoms with E-state index in [2.05, 4.69) is 10.3 Å². The molecule has 22 heavy (non-hydrogen) atoms. The molecule has 0 bridgehead atoms. The molecule has 0 fully saturated rings. The van der Waals surface area contributed by atoms with Crippen LogP contribution in [-0.2, 0) is 10.9 Å². The molecule has 1 atom stereocenters. The molecule has 1 aromatic rings. The molecule has 0 spiro atoms. The molecule has 1 unspecified atom stereocenters. The molecule has 0 radical (unpaired) electrons. The highest BCUT2D eigenvalue weighted by atomic mass is 32.1. The highest BCUT2D eigenvalue weighted by Crippen LogP contribution is 2.41. The van der Waals surface area contributed by atoms with Gasteiger partial charge in [-0.3, -0.25) is 5.32 Å². The van der Waals surface area contributed by atoms with Crippen molar-refractivity contribution < 1.29 is 27.8 Å². The van der Waals surface area contributed by atoms with Crippen LogP contribution in [0.4, 0.5) is 23.1 Å². The van der Waals surface area contributed by atoms with Crippen LogP contribution in [0.25, 0.3) is 0 Å². The first-order chi connectivity index (χ1) is 9.81. The minimum Gasteiger partial charge on any atom is -0.444 e. The maximum atomic E-state index is 13.0. The van der Waals surface area contributed by atoms with E-state index in [1.165, 1.54) is 0 Å². The number of amides is 1. The molecule has 1 heterocycles. The van der Waals surface area contributed by atoms with Crippen molar-refractivity contribution >= 4 is 22.6 Å². The van der Waals surface area contributed by atoms with Gasteiger partial charge in [0.05, 0.1) is 11.0 Å². The number of aromatic nitrogens is 1. The van der Waals surface area contributed by atoms with Crippen molar-refractivity contribution in [3.05, 3.63) is 10.6 Å². The molecular formula is C13H19F3N2O3S. The summed E-state index contributed by atoms with van der Waals surface area (Å²) in [5, 5.41) is 11.8. The van der Waals surface area contributed by atoms with Crippen LogP contribution in [0.3, 0.4) is 0 Å². The monoisotopic (exact) mass is 340 g/mol. The molecular weight excluding hydrogens is 321 g/mol. The van der Waals surface area contributed by atoms with E-state index in [1.807, 2.05) is 0 Å². The van der Waals surface area contributed by atoms with Crippen LogP contribution >= 0.6 is 11.3 Å². The molecule has 0 aliphatic heterocycles. The average molecular weight is 340 g/mol. The van der Waals surface area contributed by atoms with Crippen LogP contribution in [0.2, 0.25) is 0 Å². The number of nitrogens with one attached hydrogen (secondary N) is 1. The third-order valence-corrected chi connectivity index (χ3v) is 3.47. The number of hydrogen-bond donors (Lipinski definition) is 2. The lowest BCUT2D eigenvalue weighted by Gasteiger charge is -2.18. The van der Waals surface area contributed by atoms with Crippen molar-refractivity contribution in [2.75, 3.05) is 5.32 Å². The summed E-state index contributed by atoms with van der Waals surface area (Å²) in [4.78, 5) is 14.6. The Morgan fingerprint density at radius 2 is 1.86 bits per heavy atom. The molecule has 0 saturated heterocycles. The molecule has 0 aromatic carbocycles. The van der Waals surface area contributed by atoms with Crippen LogP contribution in [0.15, 0.2) is 0 Å². The average Bonchev–Trinajstić information content (AvgIpc) is 2.68. The van der Waals surface area contributed by atoms with E-state index in [4.69, 9.17) is 4.74 Å². The summed E-state index contributed by atoms with van der Waals surface area (Å²) in [6, 6.07) is 0. The second-order valence-electron chi connectivity index (χ2n) is 6.05. The largest absolute Gasteiger partial charge is 0.444 e. The number of halogens is 3. The van der Waals surface area contributed by atoms with Crippen molar-refractivity contribution in [1.82, 2.24) is 4.98 Å². The number of anilines is 1. The van der Waals surface area contributed by atoms with E-state index >= 15 is 0 Å². The first kappa shape index (κ1) is 18.7. The van der Waals surface area contributed by atoms with E-state index in [1.54, 1.807) is 34.6 Å². The fourth-order valence-corrected chi connectivity index (χ4v) is 2.61. The van der Waals surface area contributed by atoms with E-state index < -0.39 is 35.6 Å². The Morgan fingerprint density at radius 1 is 1.32 bits per heavy atom. The molecule has 9 heteroatoms. The van der Waals surface area contributed by atoms with Gasteiger partial charge in [0.25, 0.3) is 0 Å². The number of carbonyl (C=O) groups excluding carboxylic acids is 1. The Morgan fingerprint density at radius 3 is 2.27 bits per heavy atom. The van der Waals surface area contributed by atoms with Crippen LogP contribution in [0.5, 0.6) is 0 Å². The Kier molecular flexibility index (Phi) is 5.45. The first-order valence-electron chi connectivity index (χ1n) is 6.57. The smallest absolute Gasteiger partial charge is 0.434 e. The van der Waals surface area contributed by atoms with Crippen LogP contribution in [0.1, 0.15) is 51.3 Å². The number of aliphatic hydroxyl groups excluding tert-OH is 1. The highest BCUT2D eigenvalue weighted by Gasteiger charge is 2.40. The van der Waals surface area contributed by atoms with Gasteiger partial charge in [-0.05, 0) is 26.7 Å². The number of aliphatic hydroxyl groups is 1. The zero-order chi connectivity index (χ0) is 17.3. The number of hydrogen-bond acceptors (Lipinski definition) is 5. The summed E-state index contributed by atoms with van der Waals surface area (Å²) in [6.07, 6.45) is -6.93. The van der Waals surface area contributed by atoms with Gasteiger partial charge in [0, 0.05) is 0 Å². The number of carbonyl (C=O) groups is 1. The summed E-state index contributed by atoms with van der Waals surface area (Å²) in [5.41, 5.74) is -1.97. The second kappa shape index (κ2) is 6.41. The van der Waals surface area contributed by atoms with Gasteiger partial charge in [0.1, 0.15) is 5.60 Å². The van der Waals surface area contributed by atoms with Crippen molar-refractivity contribution in [1.29, 1.82) is 0 Å². The zero-order valence-corrected chi connectivity index (χ0v) is 13.7. The SMILES string of the molecule is CC(C)C(O)c1sc(NC(=O)OC(C)(C)C)nc1C(F)(F)F. The predicted molar refractivity (Wildman–Crippen MR) is 76.8 cm³/mol. The van der Waals surface area contributed by atoms with Gasteiger partial charge in [-0.15, -0.1) is 0 Å². The van der Waals surface area contributed by atoms with E-state index in [0.29, 0.717) is 11.3 Å². The van der Waals surface area contributed by atoms with Crippen LogP contribution in [-0.4, -0.2) is 21.8 Å². The zero-order valence-electron chi connectivity index (χ0n) is 12.9. The molecule has 126 valence electrons. The summed E-state index contributed by atoms with van der Waals surface area (Å²) < 4.78 is 43.9. The van der Waals surface area contributed by atoms with E-state index in [0.717, 1.165) is 0 Å². The van der Waals surface area contributed by atoms with Gasteiger partial charge < -0.3 is 9.84 Å². The Labute approximate surface area is 130 Å². The Balaban J connectivity index is 3.06. The Hall–Kier alpha value is -1.35. The summed E-state index contributed by atoms with van der Waals surface area (Å²) in [6.45, 7) is 8.06. The minimum atomic E-state index is -4.71. The normalized spacial score (nSPS) is 14.1. The van der Waals surface area contributed by atoms with Gasteiger partial charge in [-0.1, -0.05) is 25.2 Å². The third kappa shape index (κ3) is 5.13. The number of thiazole rings is 1. The lowest BCUT2D eigenvalue weighted by molar-refractivity contribution is -0.142. The third-order valence-electron chi connectivity index (χ3n) is 2.43. The molecule has 1 aromatic heterocycles. The number of ether oxygens (including phenoxy) is 1. The number of nitrogens with zero attached hydrogens (tertiary/aromatic N) is 1. The number of alkyl halides is 3. The summed E-state index contributed by atoms with van der Waals surface area (Å²) in [5.74, 6) is -0.420. The van der Waals surface area contributed by atoms with Gasteiger partial charge in [-0.25, -0.2) is 9.78 Å². The summed E-state index contributed by atoms with van der Waals surface area (Å²) >= 11 is 0.584. The molecule has 1 rings (SSSR count). The maximum absolute atomic E-state index is 13.0. The topological polar surface area (TPSA) is 71.5 Å². The van der Waals surface area contributed by atoms with Gasteiger partial charge in [0.2, 0.25) is 0 Å². The van der Waals surface area contributed by atoms with Crippen molar-refractivity contribution in [2.45, 2.75) is 52.5 Å². The summed E-state index contributed by atoms with van der Waals surface area (Å²) in [7, 11) is 0. The second-order valence-corrected chi connectivity index (χ2v) is 7.08. The van der Waals surface area contributed by atoms with Gasteiger partial charge in [-0.2, -0.15) is 13.2 Å². The molecule has 1 amide bonds. The van der Waals surface area contributed by atoms with Crippen molar-refractivity contribution in [3.8, 4) is 0 Å². The van der Waals surface area contributed by atoms with E-state index in [-0.39, 0.29) is 10.0 Å². The van der Waals surface area contributed by atoms with Crippen LogP contribution < -0.4 is 5.32 Å². The fraction of sp³-hybridized carbons (Fsp3) is 0.692. The fourth-order valence-electron chi connectivity index (χ4n) is 1.48. The molecule has 5 nitrogen and oxygen atoms in total. The quantitative estimate of drug-likeness (QED) is 0.865. The lowest BCUT2D eigenvalue weighted by atomic mass is 10.0. The van der Waals surface area contributed by atoms with Crippen molar-refractivity contribution in [3.63, 3.8) is 0 Å². The highest BCUT2D eigenvalue weighted by molar-refractivity contribution is 7.16. The standard InChI is InChI=1S/C13H19F3N2O3S/c1-6(2)7(19)8-9(13(14,15)16)17-10(22-8)18-11(20)21-12(3,4)5/h6-7,19H,1-5H3,(H,17,18,20). The lowest BCUT2D eigenvalue weighted by Crippen LogP contribution is -2.27. The van der Waals surface area contributed by atoms with Crippen LogP contribution in [0, 0.1) is 5.92 Å².